The number of aromatic nitrogens is 4. The van der Waals surface area contributed by atoms with Gasteiger partial charge in [0.2, 0.25) is 0 Å². The molecule has 2 aromatic heterocycles. The summed E-state index contributed by atoms with van der Waals surface area (Å²) in [5, 5.41) is 21.7. The van der Waals surface area contributed by atoms with Crippen LogP contribution in [-0.4, -0.2) is 49.5 Å². The van der Waals surface area contributed by atoms with Crippen molar-refractivity contribution in [3.63, 3.8) is 0 Å². The third-order valence-electron chi connectivity index (χ3n) is 2.91. The van der Waals surface area contributed by atoms with Crippen LogP contribution in [0.15, 0.2) is 12.4 Å². The second-order valence-corrected chi connectivity index (χ2v) is 4.43. The van der Waals surface area contributed by atoms with E-state index in [0.29, 0.717) is 0 Å². The van der Waals surface area contributed by atoms with Crippen molar-refractivity contribution in [2.45, 2.75) is 0 Å². The Morgan fingerprint density at radius 3 is 2.50 bits per heavy atom. The van der Waals surface area contributed by atoms with Gasteiger partial charge < -0.3 is 15.7 Å². The van der Waals surface area contributed by atoms with Gasteiger partial charge in [-0.2, -0.15) is 10.2 Å². The molecule has 116 valence electrons. The normalized spacial score (nSPS) is 10.3. The van der Waals surface area contributed by atoms with Crippen molar-refractivity contribution < 1.29 is 19.5 Å². The predicted octanol–water partition coefficient (Wildman–Crippen LogP) is -0.536. The Labute approximate surface area is 124 Å². The van der Waals surface area contributed by atoms with Gasteiger partial charge in [-0.05, 0) is 0 Å². The summed E-state index contributed by atoms with van der Waals surface area (Å²) in [5.41, 5.74) is -0.157. The van der Waals surface area contributed by atoms with Gasteiger partial charge in [0.1, 0.15) is 0 Å². The number of aryl methyl sites for hydroxylation is 2. The lowest BCUT2D eigenvalue weighted by Crippen LogP contribution is -2.22. The van der Waals surface area contributed by atoms with E-state index in [-0.39, 0.29) is 22.6 Å². The topological polar surface area (TPSA) is 131 Å². The summed E-state index contributed by atoms with van der Waals surface area (Å²) in [6, 6.07) is 0. The van der Waals surface area contributed by atoms with E-state index in [1.165, 1.54) is 25.0 Å². The molecule has 0 radical (unpaired) electrons. The zero-order valence-corrected chi connectivity index (χ0v) is 12.1. The molecule has 0 aromatic carbocycles. The first kappa shape index (κ1) is 15.2. The van der Waals surface area contributed by atoms with E-state index in [1.807, 2.05) is 0 Å². The number of nitrogens with zero attached hydrogens (tertiary/aromatic N) is 4. The van der Waals surface area contributed by atoms with E-state index in [0.717, 1.165) is 10.9 Å². The Kier molecular flexibility index (Phi) is 3.93. The van der Waals surface area contributed by atoms with Gasteiger partial charge in [-0.1, -0.05) is 0 Å². The maximum atomic E-state index is 12.2. The summed E-state index contributed by atoms with van der Waals surface area (Å²) in [6.45, 7) is 0. The van der Waals surface area contributed by atoms with Crippen LogP contribution in [0.5, 0.6) is 0 Å². The van der Waals surface area contributed by atoms with E-state index in [4.69, 9.17) is 5.11 Å². The van der Waals surface area contributed by atoms with Crippen LogP contribution in [0.4, 0.5) is 5.69 Å². The predicted molar refractivity (Wildman–Crippen MR) is 74.7 cm³/mol. The quantitative estimate of drug-likeness (QED) is 0.695. The van der Waals surface area contributed by atoms with Crippen molar-refractivity contribution in [1.82, 2.24) is 24.9 Å². The molecule has 0 aliphatic heterocycles. The van der Waals surface area contributed by atoms with E-state index < -0.39 is 17.8 Å². The number of amides is 2. The number of carboxylic acid groups (broad SMARTS) is 1. The van der Waals surface area contributed by atoms with Gasteiger partial charge >= 0.3 is 5.97 Å². The summed E-state index contributed by atoms with van der Waals surface area (Å²) >= 11 is 0. The van der Waals surface area contributed by atoms with Crippen molar-refractivity contribution in [1.29, 1.82) is 0 Å². The number of aromatic carboxylic acids is 1. The minimum atomic E-state index is -1.28. The Morgan fingerprint density at radius 1 is 1.23 bits per heavy atom. The smallest absolute Gasteiger partial charge is 0.354 e. The van der Waals surface area contributed by atoms with Crippen LogP contribution in [0.1, 0.15) is 31.3 Å². The highest BCUT2D eigenvalue weighted by Crippen LogP contribution is 2.16. The molecule has 2 rings (SSSR count). The summed E-state index contributed by atoms with van der Waals surface area (Å²) in [4.78, 5) is 35.1. The molecule has 10 nitrogen and oxygen atoms in total. The first-order valence-electron chi connectivity index (χ1n) is 6.17. The Bertz CT molecular complexity index is 760. The molecule has 2 aromatic rings. The van der Waals surface area contributed by atoms with E-state index in [2.05, 4.69) is 20.8 Å². The summed E-state index contributed by atoms with van der Waals surface area (Å²) in [6.07, 6.45) is 2.59. The molecule has 0 aliphatic carbocycles. The minimum Gasteiger partial charge on any atom is -0.477 e. The zero-order chi connectivity index (χ0) is 16.4. The van der Waals surface area contributed by atoms with E-state index in [9.17, 15) is 14.4 Å². The van der Waals surface area contributed by atoms with Gasteiger partial charge in [-0.15, -0.1) is 0 Å². The van der Waals surface area contributed by atoms with E-state index >= 15 is 0 Å². The van der Waals surface area contributed by atoms with Crippen LogP contribution < -0.4 is 10.6 Å². The van der Waals surface area contributed by atoms with Gasteiger partial charge in [0.15, 0.2) is 11.4 Å². The van der Waals surface area contributed by atoms with Crippen LogP contribution in [0.25, 0.3) is 0 Å². The molecule has 0 saturated carbocycles. The fourth-order valence-corrected chi connectivity index (χ4v) is 1.91. The molecule has 0 atom stereocenters. The molecule has 2 amide bonds. The van der Waals surface area contributed by atoms with Gasteiger partial charge in [-0.25, -0.2) is 4.79 Å². The maximum absolute atomic E-state index is 12.2. The molecule has 22 heavy (non-hydrogen) atoms. The fourth-order valence-electron chi connectivity index (χ4n) is 1.91. The number of hydrogen-bond acceptors (Lipinski definition) is 5. The first-order chi connectivity index (χ1) is 10.3. The molecule has 0 saturated heterocycles. The SMILES string of the molecule is CNC(=O)c1nn(C)cc1NC(=O)c1cnn(C)c1C(=O)O. The molecular weight excluding hydrogens is 292 g/mol. The largest absolute Gasteiger partial charge is 0.477 e. The minimum absolute atomic E-state index is 0.0270. The lowest BCUT2D eigenvalue weighted by atomic mass is 10.2. The van der Waals surface area contributed by atoms with Crippen molar-refractivity contribution in [3.05, 3.63) is 29.3 Å². The molecule has 0 unspecified atom stereocenters. The molecule has 0 fully saturated rings. The number of carbonyl (C=O) groups excluding carboxylic acids is 2. The van der Waals surface area contributed by atoms with E-state index in [1.54, 1.807) is 7.05 Å². The van der Waals surface area contributed by atoms with Gasteiger partial charge in [0.05, 0.1) is 17.4 Å². The Balaban J connectivity index is 2.34. The fraction of sp³-hybridized carbons (Fsp3) is 0.250. The summed E-state index contributed by atoms with van der Waals surface area (Å²) < 4.78 is 2.45. The standard InChI is InChI=1S/C12H14N6O4/c1-13-11(20)8-7(5-17(2)16-8)15-10(19)6-4-14-18(3)9(6)12(21)22/h4-5H,1-3H3,(H,13,20)(H,15,19)(H,21,22). The second-order valence-electron chi connectivity index (χ2n) is 4.43. The van der Waals surface area contributed by atoms with Crippen molar-refractivity contribution in [3.8, 4) is 0 Å². The first-order valence-corrected chi connectivity index (χ1v) is 6.17. The van der Waals surface area contributed by atoms with Crippen molar-refractivity contribution in [2.24, 2.45) is 14.1 Å². The molecular formula is C12H14N6O4. The lowest BCUT2D eigenvalue weighted by molar-refractivity contribution is 0.0680. The summed E-state index contributed by atoms with van der Waals surface area (Å²) in [7, 11) is 4.45. The molecule has 0 bridgehead atoms. The second kappa shape index (κ2) is 5.68. The molecule has 3 N–H and O–H groups in total. The number of rotatable bonds is 4. The number of carbonyl (C=O) groups is 3. The maximum Gasteiger partial charge on any atom is 0.354 e. The van der Waals surface area contributed by atoms with Crippen molar-refractivity contribution in [2.75, 3.05) is 12.4 Å². The Morgan fingerprint density at radius 2 is 1.91 bits per heavy atom. The number of nitrogens with one attached hydrogen (secondary N) is 2. The van der Waals surface area contributed by atoms with Crippen LogP contribution in [0.2, 0.25) is 0 Å². The van der Waals surface area contributed by atoms with Crippen LogP contribution in [-0.2, 0) is 14.1 Å². The van der Waals surface area contributed by atoms with Crippen LogP contribution in [0.3, 0.4) is 0 Å². The van der Waals surface area contributed by atoms with Crippen molar-refractivity contribution >= 4 is 23.5 Å². The number of anilines is 1. The zero-order valence-electron chi connectivity index (χ0n) is 12.1. The molecule has 0 aliphatic rings. The number of hydrogen-bond donors (Lipinski definition) is 3. The highest BCUT2D eigenvalue weighted by Gasteiger charge is 2.24. The third-order valence-corrected chi connectivity index (χ3v) is 2.91. The average molecular weight is 306 g/mol. The average Bonchev–Trinajstić information content (AvgIpc) is 3.01. The highest BCUT2D eigenvalue weighted by atomic mass is 16.4. The number of carboxylic acids is 1. The van der Waals surface area contributed by atoms with Crippen LogP contribution >= 0.6 is 0 Å². The van der Waals surface area contributed by atoms with Gasteiger partial charge in [0.25, 0.3) is 11.8 Å². The third kappa shape index (κ3) is 2.66. The highest BCUT2D eigenvalue weighted by molar-refractivity contribution is 6.12. The van der Waals surface area contributed by atoms with Crippen LogP contribution in [0, 0.1) is 0 Å². The monoisotopic (exact) mass is 306 g/mol. The molecule has 2 heterocycles. The molecule has 10 heteroatoms. The summed E-state index contributed by atoms with van der Waals surface area (Å²) in [5.74, 6) is -2.44. The van der Waals surface area contributed by atoms with Gasteiger partial charge in [0, 0.05) is 27.3 Å². The van der Waals surface area contributed by atoms with Gasteiger partial charge in [-0.3, -0.25) is 19.0 Å². The Hall–Kier alpha value is -3.17. The lowest BCUT2D eigenvalue weighted by Gasteiger charge is -2.04. The molecule has 0 spiro atoms.